The average molecular weight is 290 g/mol. The summed E-state index contributed by atoms with van der Waals surface area (Å²) >= 11 is 0. The van der Waals surface area contributed by atoms with Gasteiger partial charge in [0.15, 0.2) is 0 Å². The van der Waals surface area contributed by atoms with Crippen molar-refractivity contribution in [1.82, 2.24) is 0 Å². The molecule has 0 radical (unpaired) electrons. The van der Waals surface area contributed by atoms with Gasteiger partial charge in [0.2, 0.25) is 0 Å². The summed E-state index contributed by atoms with van der Waals surface area (Å²) in [4.78, 5) is 22.3. The molecule has 7 heteroatoms. The molecule has 2 aromatic carbocycles. The first-order valence-corrected chi connectivity index (χ1v) is 5.93. The summed E-state index contributed by atoms with van der Waals surface area (Å²) in [6.07, 6.45) is 0. The minimum absolute atomic E-state index is 0.262. The summed E-state index contributed by atoms with van der Waals surface area (Å²) in [5.41, 5.74) is 0.110. The maximum atomic E-state index is 13.0. The molecule has 0 unspecified atom stereocenters. The maximum absolute atomic E-state index is 13.0. The van der Waals surface area contributed by atoms with Crippen LogP contribution in [0.2, 0.25) is 0 Å². The summed E-state index contributed by atoms with van der Waals surface area (Å²) in [5, 5.41) is 22.7. The summed E-state index contributed by atoms with van der Waals surface area (Å²) < 4.78 is 13.0. The standard InChI is InChI=1S/C14H11FN2O4/c1-8-6-9(15)2-4-12(8)16-14(19)11-7-10(18)3-5-13(11)17(20)21/h2-7,18H,1H3,(H,16,19). The SMILES string of the molecule is Cc1cc(F)ccc1NC(=O)c1cc(O)ccc1[N+](=O)[O-]. The highest BCUT2D eigenvalue weighted by atomic mass is 19.1. The highest BCUT2D eigenvalue weighted by Crippen LogP contribution is 2.25. The van der Waals surface area contributed by atoms with Crippen molar-refractivity contribution in [2.24, 2.45) is 0 Å². The number of nitrogens with zero attached hydrogens (tertiary/aromatic N) is 1. The summed E-state index contributed by atoms with van der Waals surface area (Å²) in [7, 11) is 0. The fraction of sp³-hybridized carbons (Fsp3) is 0.0714. The number of phenols is 1. The lowest BCUT2D eigenvalue weighted by atomic mass is 10.1. The Morgan fingerprint density at radius 3 is 2.62 bits per heavy atom. The van der Waals surface area contributed by atoms with Gasteiger partial charge < -0.3 is 10.4 Å². The van der Waals surface area contributed by atoms with Crippen LogP contribution in [0, 0.1) is 22.9 Å². The zero-order valence-corrected chi connectivity index (χ0v) is 11.0. The molecule has 0 spiro atoms. The van der Waals surface area contributed by atoms with Crippen LogP contribution in [0.1, 0.15) is 15.9 Å². The van der Waals surface area contributed by atoms with E-state index in [1.54, 1.807) is 6.92 Å². The Hall–Kier alpha value is -2.96. The number of nitro groups is 1. The fourth-order valence-electron chi connectivity index (χ4n) is 1.82. The Kier molecular flexibility index (Phi) is 3.84. The molecule has 0 bridgehead atoms. The smallest absolute Gasteiger partial charge is 0.282 e. The van der Waals surface area contributed by atoms with Crippen molar-refractivity contribution in [3.05, 3.63) is 63.5 Å². The first-order valence-electron chi connectivity index (χ1n) is 5.93. The third kappa shape index (κ3) is 3.14. The number of carbonyl (C=O) groups is 1. The second-order valence-corrected chi connectivity index (χ2v) is 4.37. The number of hydrogen-bond donors (Lipinski definition) is 2. The van der Waals surface area contributed by atoms with Gasteiger partial charge in [-0.3, -0.25) is 14.9 Å². The molecule has 0 fully saturated rings. The fourth-order valence-corrected chi connectivity index (χ4v) is 1.82. The van der Waals surface area contributed by atoms with Gasteiger partial charge in [0.1, 0.15) is 17.1 Å². The molecule has 1 amide bonds. The van der Waals surface area contributed by atoms with Crippen molar-refractivity contribution in [2.45, 2.75) is 6.92 Å². The van der Waals surface area contributed by atoms with E-state index >= 15 is 0 Å². The molecule has 2 N–H and O–H groups in total. The maximum Gasteiger partial charge on any atom is 0.282 e. The van der Waals surface area contributed by atoms with E-state index in [0.29, 0.717) is 11.3 Å². The summed E-state index contributed by atoms with van der Waals surface area (Å²) in [6.45, 7) is 1.59. The van der Waals surface area contributed by atoms with Crippen LogP contribution in [0.15, 0.2) is 36.4 Å². The minimum Gasteiger partial charge on any atom is -0.508 e. The number of hydrogen-bond acceptors (Lipinski definition) is 4. The van der Waals surface area contributed by atoms with E-state index in [1.165, 1.54) is 18.2 Å². The van der Waals surface area contributed by atoms with Crippen LogP contribution in [-0.2, 0) is 0 Å². The Bertz CT molecular complexity index is 731. The van der Waals surface area contributed by atoms with E-state index in [9.17, 15) is 24.4 Å². The van der Waals surface area contributed by atoms with Gasteiger partial charge in [0, 0.05) is 11.8 Å². The molecule has 0 saturated carbocycles. The highest BCUT2D eigenvalue weighted by molar-refractivity contribution is 6.07. The van der Waals surface area contributed by atoms with E-state index in [4.69, 9.17) is 0 Å². The van der Waals surface area contributed by atoms with E-state index in [2.05, 4.69) is 5.32 Å². The zero-order valence-electron chi connectivity index (χ0n) is 11.0. The Morgan fingerprint density at radius 2 is 2.00 bits per heavy atom. The monoisotopic (exact) mass is 290 g/mol. The molecule has 0 aliphatic heterocycles. The second kappa shape index (κ2) is 5.58. The van der Waals surface area contributed by atoms with Gasteiger partial charge in [-0.15, -0.1) is 0 Å². The first kappa shape index (κ1) is 14.4. The molecule has 0 heterocycles. The van der Waals surface area contributed by atoms with Crippen molar-refractivity contribution in [1.29, 1.82) is 0 Å². The van der Waals surface area contributed by atoms with Gasteiger partial charge in [0.25, 0.3) is 11.6 Å². The number of aryl methyl sites for hydroxylation is 1. The van der Waals surface area contributed by atoms with E-state index < -0.39 is 22.3 Å². The van der Waals surface area contributed by atoms with Gasteiger partial charge in [-0.05, 0) is 42.8 Å². The molecule has 0 atom stereocenters. The van der Waals surface area contributed by atoms with Crippen LogP contribution >= 0.6 is 0 Å². The van der Waals surface area contributed by atoms with Gasteiger partial charge in [0.05, 0.1) is 4.92 Å². The Labute approximate surface area is 119 Å². The number of aromatic hydroxyl groups is 1. The lowest BCUT2D eigenvalue weighted by Gasteiger charge is -2.09. The molecule has 0 aliphatic rings. The number of halogens is 1. The number of phenolic OH excluding ortho intramolecular Hbond substituents is 1. The summed E-state index contributed by atoms with van der Waals surface area (Å²) in [6, 6.07) is 6.93. The Balaban J connectivity index is 2.36. The third-order valence-electron chi connectivity index (χ3n) is 2.86. The number of carbonyl (C=O) groups excluding carboxylic acids is 1. The number of nitrogens with one attached hydrogen (secondary N) is 1. The number of amides is 1. The quantitative estimate of drug-likeness (QED) is 0.671. The predicted octanol–water partition coefficient (Wildman–Crippen LogP) is 3.00. The zero-order chi connectivity index (χ0) is 15.6. The van der Waals surface area contributed by atoms with Crippen LogP contribution in [0.5, 0.6) is 5.75 Å². The second-order valence-electron chi connectivity index (χ2n) is 4.37. The lowest BCUT2D eigenvalue weighted by Crippen LogP contribution is -2.14. The van der Waals surface area contributed by atoms with E-state index in [0.717, 1.165) is 18.2 Å². The lowest BCUT2D eigenvalue weighted by molar-refractivity contribution is -0.385. The van der Waals surface area contributed by atoms with Crippen molar-refractivity contribution >= 4 is 17.3 Å². The normalized spacial score (nSPS) is 10.2. The molecular formula is C14H11FN2O4. The van der Waals surface area contributed by atoms with Gasteiger partial charge >= 0.3 is 0 Å². The first-order chi connectivity index (χ1) is 9.88. The van der Waals surface area contributed by atoms with Crippen molar-refractivity contribution in [2.75, 3.05) is 5.32 Å². The van der Waals surface area contributed by atoms with Crippen LogP contribution < -0.4 is 5.32 Å². The van der Waals surface area contributed by atoms with Gasteiger partial charge in [-0.1, -0.05) is 0 Å². The molecule has 6 nitrogen and oxygen atoms in total. The molecule has 0 aliphatic carbocycles. The number of benzene rings is 2. The third-order valence-corrected chi connectivity index (χ3v) is 2.86. The summed E-state index contributed by atoms with van der Waals surface area (Å²) in [5.74, 6) is -1.47. The number of nitro benzene ring substituents is 1. The Morgan fingerprint density at radius 1 is 1.29 bits per heavy atom. The largest absolute Gasteiger partial charge is 0.508 e. The van der Waals surface area contributed by atoms with Gasteiger partial charge in [-0.25, -0.2) is 4.39 Å². The van der Waals surface area contributed by atoms with Crippen molar-refractivity contribution in [3.63, 3.8) is 0 Å². The number of anilines is 1. The topological polar surface area (TPSA) is 92.5 Å². The van der Waals surface area contributed by atoms with Crippen LogP contribution in [0.25, 0.3) is 0 Å². The van der Waals surface area contributed by atoms with Crippen LogP contribution in [0.3, 0.4) is 0 Å². The minimum atomic E-state index is -0.757. The van der Waals surface area contributed by atoms with E-state index in [-0.39, 0.29) is 11.3 Å². The van der Waals surface area contributed by atoms with Crippen molar-refractivity contribution < 1.29 is 19.2 Å². The molecule has 0 aromatic heterocycles. The van der Waals surface area contributed by atoms with Crippen molar-refractivity contribution in [3.8, 4) is 5.75 Å². The molecule has 0 saturated heterocycles. The predicted molar refractivity (Wildman–Crippen MR) is 73.9 cm³/mol. The average Bonchev–Trinajstić information content (AvgIpc) is 2.41. The number of rotatable bonds is 3. The highest BCUT2D eigenvalue weighted by Gasteiger charge is 2.21. The van der Waals surface area contributed by atoms with Crippen LogP contribution in [0.4, 0.5) is 15.8 Å². The van der Waals surface area contributed by atoms with Gasteiger partial charge in [-0.2, -0.15) is 0 Å². The molecule has 21 heavy (non-hydrogen) atoms. The molecule has 108 valence electrons. The van der Waals surface area contributed by atoms with Crippen LogP contribution in [-0.4, -0.2) is 15.9 Å². The molecule has 2 rings (SSSR count). The molecular weight excluding hydrogens is 279 g/mol. The van der Waals surface area contributed by atoms with E-state index in [1.807, 2.05) is 0 Å². The molecule has 2 aromatic rings.